The Hall–Kier alpha value is -0.0800. The highest BCUT2D eigenvalue weighted by molar-refractivity contribution is 4.61. The quantitative estimate of drug-likeness (QED) is 0.548. The smallest absolute Gasteiger partial charge is 0.00188 e. The van der Waals surface area contributed by atoms with Gasteiger partial charge in [-0.1, -0.05) is 53.4 Å². The van der Waals surface area contributed by atoms with Crippen molar-refractivity contribution >= 4 is 0 Å². The van der Waals surface area contributed by atoms with Crippen LogP contribution in [0.15, 0.2) is 0 Å². The second-order valence-electron chi connectivity index (χ2n) is 6.40. The maximum atomic E-state index is 2.64. The lowest BCUT2D eigenvalue weighted by molar-refractivity contribution is 0.240. The lowest BCUT2D eigenvalue weighted by atomic mass is 10.1. The van der Waals surface area contributed by atoms with Crippen molar-refractivity contribution in [3.63, 3.8) is 0 Å². The van der Waals surface area contributed by atoms with E-state index in [1.165, 1.54) is 97.1 Å². The van der Waals surface area contributed by atoms with Gasteiger partial charge in [-0.25, -0.2) is 0 Å². The van der Waals surface area contributed by atoms with E-state index in [2.05, 4.69) is 37.5 Å². The largest absolute Gasteiger partial charge is 0.304 e. The Morgan fingerprint density at radius 1 is 0.667 bits per heavy atom. The SMILES string of the molecule is CCCCN(CCCC)CCCC.CCN1CCCCC1. The molecule has 1 aliphatic heterocycles. The maximum absolute atomic E-state index is 2.64. The molecular formula is C19H42N2. The predicted octanol–water partition coefficient (Wildman–Crippen LogP) is 5.18. The van der Waals surface area contributed by atoms with E-state index in [-0.39, 0.29) is 0 Å². The zero-order valence-corrected chi connectivity index (χ0v) is 15.5. The Morgan fingerprint density at radius 3 is 1.38 bits per heavy atom. The lowest BCUT2D eigenvalue weighted by Gasteiger charge is -2.24. The van der Waals surface area contributed by atoms with Crippen molar-refractivity contribution in [3.8, 4) is 0 Å². The van der Waals surface area contributed by atoms with Crippen LogP contribution in [0.3, 0.4) is 0 Å². The second-order valence-corrected chi connectivity index (χ2v) is 6.40. The van der Waals surface area contributed by atoms with Crippen molar-refractivity contribution in [1.82, 2.24) is 9.80 Å². The first kappa shape index (κ1) is 20.9. The molecule has 0 aromatic carbocycles. The average molecular weight is 299 g/mol. The van der Waals surface area contributed by atoms with Gasteiger partial charge in [-0.15, -0.1) is 0 Å². The van der Waals surface area contributed by atoms with E-state index in [9.17, 15) is 0 Å². The molecule has 1 heterocycles. The predicted molar refractivity (Wildman–Crippen MR) is 97.1 cm³/mol. The molecule has 0 amide bonds. The van der Waals surface area contributed by atoms with Crippen LogP contribution in [0.2, 0.25) is 0 Å². The summed E-state index contributed by atoms with van der Waals surface area (Å²) in [7, 11) is 0. The zero-order valence-electron chi connectivity index (χ0n) is 15.5. The highest BCUT2D eigenvalue weighted by atomic mass is 15.1. The number of rotatable bonds is 10. The fourth-order valence-electron chi connectivity index (χ4n) is 2.76. The molecule has 0 bridgehead atoms. The van der Waals surface area contributed by atoms with Crippen molar-refractivity contribution in [2.24, 2.45) is 0 Å². The standard InChI is InChI=1S/C12H27N.C7H15N/c1-4-7-10-13(11-8-5-2)12-9-6-3;1-2-8-6-4-3-5-7-8/h4-12H2,1-3H3;2-7H2,1H3. The van der Waals surface area contributed by atoms with E-state index in [4.69, 9.17) is 0 Å². The van der Waals surface area contributed by atoms with Crippen LogP contribution < -0.4 is 0 Å². The molecule has 21 heavy (non-hydrogen) atoms. The summed E-state index contributed by atoms with van der Waals surface area (Å²) >= 11 is 0. The van der Waals surface area contributed by atoms with Crippen LogP contribution in [0, 0.1) is 0 Å². The molecule has 2 nitrogen and oxygen atoms in total. The van der Waals surface area contributed by atoms with E-state index >= 15 is 0 Å². The van der Waals surface area contributed by atoms with Gasteiger partial charge in [0.25, 0.3) is 0 Å². The van der Waals surface area contributed by atoms with Crippen molar-refractivity contribution in [2.75, 3.05) is 39.3 Å². The van der Waals surface area contributed by atoms with Gasteiger partial charge in [-0.3, -0.25) is 0 Å². The summed E-state index contributed by atoms with van der Waals surface area (Å²) in [5, 5.41) is 0. The third kappa shape index (κ3) is 13.3. The van der Waals surface area contributed by atoms with E-state index < -0.39 is 0 Å². The third-order valence-corrected chi connectivity index (χ3v) is 4.38. The fraction of sp³-hybridized carbons (Fsp3) is 1.00. The van der Waals surface area contributed by atoms with Crippen LogP contribution in [0.1, 0.15) is 85.5 Å². The molecule has 2 heteroatoms. The Morgan fingerprint density at radius 2 is 1.10 bits per heavy atom. The Balaban J connectivity index is 0.000000423. The molecule has 0 atom stereocenters. The van der Waals surface area contributed by atoms with Crippen molar-refractivity contribution < 1.29 is 0 Å². The minimum atomic E-state index is 1.25. The van der Waals surface area contributed by atoms with Crippen LogP contribution >= 0.6 is 0 Å². The number of hydrogen-bond donors (Lipinski definition) is 0. The summed E-state index contributed by atoms with van der Waals surface area (Å²) in [4.78, 5) is 5.15. The van der Waals surface area contributed by atoms with E-state index in [1.807, 2.05) is 0 Å². The zero-order chi connectivity index (χ0) is 15.8. The summed E-state index contributed by atoms with van der Waals surface area (Å²) in [5.74, 6) is 0. The molecule has 0 aliphatic carbocycles. The highest BCUT2D eigenvalue weighted by Crippen LogP contribution is 2.06. The number of nitrogens with zero attached hydrogens (tertiary/aromatic N) is 2. The average Bonchev–Trinajstić information content (AvgIpc) is 2.55. The monoisotopic (exact) mass is 298 g/mol. The topological polar surface area (TPSA) is 6.48 Å². The number of likely N-dealkylation sites (tertiary alicyclic amines) is 1. The van der Waals surface area contributed by atoms with E-state index in [0.717, 1.165) is 0 Å². The van der Waals surface area contributed by atoms with Crippen molar-refractivity contribution in [3.05, 3.63) is 0 Å². The fourth-order valence-corrected chi connectivity index (χ4v) is 2.76. The summed E-state index contributed by atoms with van der Waals surface area (Å²) in [6, 6.07) is 0. The van der Waals surface area contributed by atoms with Crippen LogP contribution in [-0.4, -0.2) is 49.1 Å². The molecular weight excluding hydrogens is 256 g/mol. The molecule has 0 unspecified atom stereocenters. The van der Waals surface area contributed by atoms with Gasteiger partial charge < -0.3 is 9.80 Å². The molecule has 0 radical (unpaired) electrons. The Labute approximate surface area is 135 Å². The van der Waals surface area contributed by atoms with Gasteiger partial charge >= 0.3 is 0 Å². The van der Waals surface area contributed by atoms with Crippen molar-refractivity contribution in [1.29, 1.82) is 0 Å². The molecule has 1 fully saturated rings. The van der Waals surface area contributed by atoms with Gasteiger partial charge in [0.1, 0.15) is 0 Å². The van der Waals surface area contributed by atoms with E-state index in [1.54, 1.807) is 0 Å². The van der Waals surface area contributed by atoms with Gasteiger partial charge in [0.2, 0.25) is 0 Å². The van der Waals surface area contributed by atoms with Gasteiger partial charge in [0, 0.05) is 0 Å². The molecule has 128 valence electrons. The number of hydrogen-bond acceptors (Lipinski definition) is 2. The number of piperidine rings is 1. The molecule has 0 aromatic heterocycles. The molecule has 1 saturated heterocycles. The normalized spacial score (nSPS) is 15.9. The van der Waals surface area contributed by atoms with Gasteiger partial charge in [-0.05, 0) is 71.4 Å². The molecule has 1 rings (SSSR count). The molecule has 0 saturated carbocycles. The summed E-state index contributed by atoms with van der Waals surface area (Å²) in [5.41, 5.74) is 0. The summed E-state index contributed by atoms with van der Waals surface area (Å²) < 4.78 is 0. The summed E-state index contributed by atoms with van der Waals surface area (Å²) in [6.07, 6.45) is 12.4. The first-order chi connectivity index (χ1) is 10.3. The molecule has 0 aromatic rings. The summed E-state index contributed by atoms with van der Waals surface area (Å²) in [6.45, 7) is 17.0. The van der Waals surface area contributed by atoms with Crippen LogP contribution in [0.25, 0.3) is 0 Å². The van der Waals surface area contributed by atoms with Gasteiger partial charge in [0.05, 0.1) is 0 Å². The third-order valence-electron chi connectivity index (χ3n) is 4.38. The molecule has 0 spiro atoms. The van der Waals surface area contributed by atoms with Crippen LogP contribution in [0.4, 0.5) is 0 Å². The van der Waals surface area contributed by atoms with E-state index in [0.29, 0.717) is 0 Å². The molecule has 1 aliphatic rings. The van der Waals surface area contributed by atoms with Crippen LogP contribution in [-0.2, 0) is 0 Å². The molecule has 0 N–H and O–H groups in total. The van der Waals surface area contributed by atoms with Gasteiger partial charge in [0.15, 0.2) is 0 Å². The maximum Gasteiger partial charge on any atom is -0.00188 e. The highest BCUT2D eigenvalue weighted by Gasteiger charge is 2.05. The van der Waals surface area contributed by atoms with Crippen molar-refractivity contribution in [2.45, 2.75) is 85.5 Å². The second kappa shape index (κ2) is 16.3. The van der Waals surface area contributed by atoms with Crippen LogP contribution in [0.5, 0.6) is 0 Å². The van der Waals surface area contributed by atoms with Gasteiger partial charge in [-0.2, -0.15) is 0 Å². The lowest BCUT2D eigenvalue weighted by Crippen LogP contribution is -2.29. The first-order valence-electron chi connectivity index (χ1n) is 9.73. The Kier molecular flexibility index (Phi) is 16.2. The minimum absolute atomic E-state index is 1.25. The number of unbranched alkanes of at least 4 members (excludes halogenated alkanes) is 3. The minimum Gasteiger partial charge on any atom is -0.304 e. The first-order valence-corrected chi connectivity index (χ1v) is 9.73. The Bertz CT molecular complexity index is 169.